The standard InChI is InChI=1S/C16H20N4O/c1-4-15-13(6-8-21-15)9-12(1)5-7-20-11-18-16(19-20)10-17-14-2-3-14/h1,4,9,11,14,17H,2-3,5-8,10H2. The second kappa shape index (κ2) is 5.48. The Morgan fingerprint density at radius 3 is 3.19 bits per heavy atom. The van der Waals surface area contributed by atoms with Gasteiger partial charge >= 0.3 is 0 Å². The molecule has 0 radical (unpaired) electrons. The number of rotatable bonds is 6. The fraction of sp³-hybridized carbons (Fsp3) is 0.500. The smallest absolute Gasteiger partial charge is 0.164 e. The molecule has 110 valence electrons. The Bertz CT molecular complexity index is 633. The summed E-state index contributed by atoms with van der Waals surface area (Å²) in [6, 6.07) is 7.20. The van der Waals surface area contributed by atoms with Gasteiger partial charge in [-0.15, -0.1) is 0 Å². The molecule has 1 fully saturated rings. The Kier molecular flexibility index (Phi) is 3.35. The molecule has 0 spiro atoms. The van der Waals surface area contributed by atoms with E-state index in [1.165, 1.54) is 24.0 Å². The van der Waals surface area contributed by atoms with Crippen molar-refractivity contribution < 1.29 is 4.74 Å². The topological polar surface area (TPSA) is 52.0 Å². The van der Waals surface area contributed by atoms with Crippen LogP contribution in [0.15, 0.2) is 24.5 Å². The number of hydrogen-bond donors (Lipinski definition) is 1. The molecule has 0 amide bonds. The first-order chi connectivity index (χ1) is 10.4. The molecular weight excluding hydrogens is 264 g/mol. The lowest BCUT2D eigenvalue weighted by Crippen LogP contribution is -2.16. The van der Waals surface area contributed by atoms with Gasteiger partial charge in [-0.05, 0) is 36.5 Å². The van der Waals surface area contributed by atoms with Crippen molar-refractivity contribution in [1.29, 1.82) is 0 Å². The van der Waals surface area contributed by atoms with Gasteiger partial charge in [-0.1, -0.05) is 12.1 Å². The zero-order chi connectivity index (χ0) is 14.1. The van der Waals surface area contributed by atoms with Crippen LogP contribution < -0.4 is 10.1 Å². The molecule has 0 saturated heterocycles. The fourth-order valence-electron chi connectivity index (χ4n) is 2.68. The SMILES string of the molecule is c1cc2c(cc1CCn1cnc(CNC3CC3)n1)CCO2. The van der Waals surface area contributed by atoms with Crippen LogP contribution in [0.5, 0.6) is 5.75 Å². The predicted octanol–water partition coefficient (Wildman–Crippen LogP) is 1.71. The van der Waals surface area contributed by atoms with Crippen LogP contribution in [0.4, 0.5) is 0 Å². The van der Waals surface area contributed by atoms with E-state index in [9.17, 15) is 0 Å². The Morgan fingerprint density at radius 2 is 2.29 bits per heavy atom. The summed E-state index contributed by atoms with van der Waals surface area (Å²) in [5.74, 6) is 1.94. The van der Waals surface area contributed by atoms with Crippen molar-refractivity contribution in [1.82, 2.24) is 20.1 Å². The lowest BCUT2D eigenvalue weighted by atomic mass is 10.1. The third kappa shape index (κ3) is 3.08. The van der Waals surface area contributed by atoms with E-state index in [1.807, 2.05) is 11.0 Å². The van der Waals surface area contributed by atoms with E-state index in [4.69, 9.17) is 4.74 Å². The Hall–Kier alpha value is -1.88. The van der Waals surface area contributed by atoms with Gasteiger partial charge in [0, 0.05) is 19.0 Å². The maximum Gasteiger partial charge on any atom is 0.164 e. The monoisotopic (exact) mass is 284 g/mol. The summed E-state index contributed by atoms with van der Waals surface area (Å²) in [7, 11) is 0. The number of fused-ring (bicyclic) bond motifs is 1. The minimum atomic E-state index is 0.700. The van der Waals surface area contributed by atoms with Crippen molar-refractivity contribution >= 4 is 0 Å². The summed E-state index contributed by atoms with van der Waals surface area (Å²) in [4.78, 5) is 4.36. The lowest BCUT2D eigenvalue weighted by Gasteiger charge is -2.04. The lowest BCUT2D eigenvalue weighted by molar-refractivity contribution is 0.357. The summed E-state index contributed by atoms with van der Waals surface area (Å²) in [6.45, 7) is 2.48. The molecule has 1 saturated carbocycles. The van der Waals surface area contributed by atoms with E-state index >= 15 is 0 Å². The Labute approximate surface area is 124 Å². The third-order valence-corrected chi connectivity index (χ3v) is 4.09. The first-order valence-electron chi connectivity index (χ1n) is 7.73. The normalized spacial score (nSPS) is 16.8. The number of hydrogen-bond acceptors (Lipinski definition) is 4. The van der Waals surface area contributed by atoms with E-state index in [-0.39, 0.29) is 0 Å². The third-order valence-electron chi connectivity index (χ3n) is 4.09. The van der Waals surface area contributed by atoms with Crippen molar-refractivity contribution in [3.8, 4) is 5.75 Å². The molecule has 5 nitrogen and oxygen atoms in total. The van der Waals surface area contributed by atoms with Crippen LogP contribution in [-0.2, 0) is 25.9 Å². The highest BCUT2D eigenvalue weighted by atomic mass is 16.5. The molecule has 1 aliphatic carbocycles. The molecule has 0 atom stereocenters. The molecule has 1 aliphatic heterocycles. The molecule has 1 N–H and O–H groups in total. The largest absolute Gasteiger partial charge is 0.493 e. The molecule has 1 aromatic carbocycles. The number of nitrogens with one attached hydrogen (secondary N) is 1. The van der Waals surface area contributed by atoms with E-state index in [0.717, 1.165) is 44.1 Å². The zero-order valence-corrected chi connectivity index (χ0v) is 12.1. The van der Waals surface area contributed by atoms with Crippen molar-refractivity contribution in [2.75, 3.05) is 6.61 Å². The molecule has 2 aliphatic rings. The Balaban J connectivity index is 1.33. The quantitative estimate of drug-likeness (QED) is 0.877. The van der Waals surface area contributed by atoms with Crippen LogP contribution >= 0.6 is 0 Å². The maximum absolute atomic E-state index is 5.54. The highest BCUT2D eigenvalue weighted by Crippen LogP contribution is 2.26. The van der Waals surface area contributed by atoms with Gasteiger partial charge in [0.25, 0.3) is 0 Å². The van der Waals surface area contributed by atoms with Gasteiger partial charge < -0.3 is 10.1 Å². The number of ether oxygens (including phenoxy) is 1. The van der Waals surface area contributed by atoms with Crippen molar-refractivity contribution in [2.45, 2.75) is 44.8 Å². The molecule has 2 aromatic rings. The molecule has 0 bridgehead atoms. The average Bonchev–Trinajstić information content (AvgIpc) is 3.04. The number of aryl methyl sites for hydroxylation is 2. The first-order valence-corrected chi connectivity index (χ1v) is 7.73. The van der Waals surface area contributed by atoms with Gasteiger partial charge in [0.1, 0.15) is 12.1 Å². The summed E-state index contributed by atoms with van der Waals surface area (Å²) in [5.41, 5.74) is 2.67. The molecule has 21 heavy (non-hydrogen) atoms. The fourth-order valence-corrected chi connectivity index (χ4v) is 2.68. The Morgan fingerprint density at radius 1 is 1.33 bits per heavy atom. The number of benzene rings is 1. The summed E-state index contributed by atoms with van der Waals surface area (Å²) in [5, 5.41) is 7.95. The van der Waals surface area contributed by atoms with Crippen LogP contribution in [-0.4, -0.2) is 27.4 Å². The maximum atomic E-state index is 5.54. The van der Waals surface area contributed by atoms with Gasteiger partial charge in [-0.25, -0.2) is 4.98 Å². The zero-order valence-electron chi connectivity index (χ0n) is 12.1. The van der Waals surface area contributed by atoms with Gasteiger partial charge in [0.15, 0.2) is 5.82 Å². The highest BCUT2D eigenvalue weighted by molar-refractivity contribution is 5.39. The summed E-state index contributed by atoms with van der Waals surface area (Å²) < 4.78 is 7.47. The van der Waals surface area contributed by atoms with Crippen molar-refractivity contribution in [3.05, 3.63) is 41.5 Å². The van der Waals surface area contributed by atoms with Gasteiger partial charge in [0.2, 0.25) is 0 Å². The number of aromatic nitrogens is 3. The van der Waals surface area contributed by atoms with Gasteiger partial charge in [-0.2, -0.15) is 5.10 Å². The minimum Gasteiger partial charge on any atom is -0.493 e. The van der Waals surface area contributed by atoms with E-state index < -0.39 is 0 Å². The summed E-state index contributed by atoms with van der Waals surface area (Å²) >= 11 is 0. The van der Waals surface area contributed by atoms with Crippen molar-refractivity contribution in [2.24, 2.45) is 0 Å². The average molecular weight is 284 g/mol. The number of nitrogens with zero attached hydrogens (tertiary/aromatic N) is 3. The molecule has 4 rings (SSSR count). The highest BCUT2D eigenvalue weighted by Gasteiger charge is 2.20. The van der Waals surface area contributed by atoms with Crippen molar-refractivity contribution in [3.63, 3.8) is 0 Å². The van der Waals surface area contributed by atoms with E-state index in [2.05, 4.69) is 33.6 Å². The van der Waals surface area contributed by atoms with Crippen LogP contribution in [0, 0.1) is 0 Å². The molecule has 2 heterocycles. The molecule has 1 aromatic heterocycles. The molecule has 0 unspecified atom stereocenters. The molecular formula is C16H20N4O. The second-order valence-corrected chi connectivity index (χ2v) is 5.87. The summed E-state index contributed by atoms with van der Waals surface area (Å²) in [6.07, 6.45) is 6.43. The van der Waals surface area contributed by atoms with Gasteiger partial charge in [-0.3, -0.25) is 4.68 Å². The van der Waals surface area contributed by atoms with Crippen LogP contribution in [0.25, 0.3) is 0 Å². The van der Waals surface area contributed by atoms with Crippen LogP contribution in [0.3, 0.4) is 0 Å². The minimum absolute atomic E-state index is 0.700. The van der Waals surface area contributed by atoms with E-state index in [1.54, 1.807) is 0 Å². The molecule has 5 heteroatoms. The van der Waals surface area contributed by atoms with Gasteiger partial charge in [0.05, 0.1) is 13.2 Å². The van der Waals surface area contributed by atoms with Crippen LogP contribution in [0.1, 0.15) is 29.8 Å². The second-order valence-electron chi connectivity index (χ2n) is 5.87. The van der Waals surface area contributed by atoms with E-state index in [0.29, 0.717) is 6.04 Å². The van der Waals surface area contributed by atoms with Crippen LogP contribution in [0.2, 0.25) is 0 Å². The predicted molar refractivity (Wildman–Crippen MR) is 79.2 cm³/mol. The first kappa shape index (κ1) is 12.8.